The van der Waals surface area contributed by atoms with Gasteiger partial charge >= 0.3 is 5.97 Å². The van der Waals surface area contributed by atoms with Gasteiger partial charge in [0, 0.05) is 6.08 Å². The second kappa shape index (κ2) is 7.22. The van der Waals surface area contributed by atoms with E-state index in [1.54, 1.807) is 19.1 Å². The standard InChI is InChI=1S/C10H14N2O4/c1-2-3-4-5-9(14)12-7(10(15)16)6-8(11)13/h2-5,7H,6H2,1H3,(H2,11,13)(H,12,14)(H,15,16)/b3-2+,5-4+. The maximum atomic E-state index is 11.2. The Hall–Kier alpha value is -2.11. The fraction of sp³-hybridized carbons (Fsp3) is 0.300. The van der Waals surface area contributed by atoms with E-state index < -0.39 is 30.2 Å². The number of carboxylic acids is 1. The predicted octanol–water partition coefficient (Wildman–Crippen LogP) is -0.436. The molecule has 0 rings (SSSR count). The number of primary amides is 1. The van der Waals surface area contributed by atoms with E-state index in [2.05, 4.69) is 5.32 Å². The molecule has 0 heterocycles. The Morgan fingerprint density at radius 3 is 2.44 bits per heavy atom. The third kappa shape index (κ3) is 6.36. The molecule has 0 fully saturated rings. The molecule has 0 spiro atoms. The number of carbonyl (C=O) groups excluding carboxylic acids is 2. The first-order valence-electron chi connectivity index (χ1n) is 4.58. The molecule has 6 nitrogen and oxygen atoms in total. The summed E-state index contributed by atoms with van der Waals surface area (Å²) in [5.41, 5.74) is 4.85. The molecule has 0 aliphatic heterocycles. The number of amides is 2. The average Bonchev–Trinajstić information content (AvgIpc) is 2.16. The molecular formula is C10H14N2O4. The molecule has 0 saturated heterocycles. The lowest BCUT2D eigenvalue weighted by Crippen LogP contribution is -2.42. The number of rotatable bonds is 6. The molecule has 16 heavy (non-hydrogen) atoms. The van der Waals surface area contributed by atoms with Crippen LogP contribution in [0.2, 0.25) is 0 Å². The van der Waals surface area contributed by atoms with E-state index in [4.69, 9.17) is 10.8 Å². The first-order valence-corrected chi connectivity index (χ1v) is 4.58. The van der Waals surface area contributed by atoms with Crippen molar-refractivity contribution >= 4 is 17.8 Å². The molecular weight excluding hydrogens is 212 g/mol. The highest BCUT2D eigenvalue weighted by atomic mass is 16.4. The fourth-order valence-electron chi connectivity index (χ4n) is 0.875. The van der Waals surface area contributed by atoms with Crippen molar-refractivity contribution in [3.63, 3.8) is 0 Å². The molecule has 0 saturated carbocycles. The molecule has 0 aromatic rings. The van der Waals surface area contributed by atoms with Gasteiger partial charge in [0.1, 0.15) is 6.04 Å². The lowest BCUT2D eigenvalue weighted by molar-refractivity contribution is -0.142. The SMILES string of the molecule is C/C=C/C=C/C(=O)NC(CC(N)=O)C(=O)O. The summed E-state index contributed by atoms with van der Waals surface area (Å²) in [5, 5.41) is 10.8. The lowest BCUT2D eigenvalue weighted by atomic mass is 10.2. The van der Waals surface area contributed by atoms with E-state index in [9.17, 15) is 14.4 Å². The largest absolute Gasteiger partial charge is 0.480 e. The van der Waals surface area contributed by atoms with Gasteiger partial charge in [0.05, 0.1) is 6.42 Å². The number of hydrogen-bond acceptors (Lipinski definition) is 3. The van der Waals surface area contributed by atoms with Crippen molar-refractivity contribution in [2.75, 3.05) is 0 Å². The minimum atomic E-state index is -1.30. The predicted molar refractivity (Wildman–Crippen MR) is 57.3 cm³/mol. The zero-order chi connectivity index (χ0) is 12.6. The van der Waals surface area contributed by atoms with Gasteiger partial charge in [-0.25, -0.2) is 4.79 Å². The van der Waals surface area contributed by atoms with Gasteiger partial charge in [-0.05, 0) is 6.92 Å². The maximum Gasteiger partial charge on any atom is 0.326 e. The molecule has 6 heteroatoms. The van der Waals surface area contributed by atoms with Gasteiger partial charge in [-0.3, -0.25) is 9.59 Å². The molecule has 2 amide bonds. The zero-order valence-electron chi connectivity index (χ0n) is 8.84. The highest BCUT2D eigenvalue weighted by Crippen LogP contribution is 1.92. The average molecular weight is 226 g/mol. The fourth-order valence-corrected chi connectivity index (χ4v) is 0.875. The van der Waals surface area contributed by atoms with Crippen LogP contribution in [0.25, 0.3) is 0 Å². The summed E-state index contributed by atoms with van der Waals surface area (Å²) in [7, 11) is 0. The smallest absolute Gasteiger partial charge is 0.326 e. The normalized spacial score (nSPS) is 12.8. The van der Waals surface area contributed by atoms with Gasteiger partial charge in [0.2, 0.25) is 11.8 Å². The highest BCUT2D eigenvalue weighted by Gasteiger charge is 2.20. The third-order valence-electron chi connectivity index (χ3n) is 1.57. The van der Waals surface area contributed by atoms with Crippen LogP contribution in [0.1, 0.15) is 13.3 Å². The number of aliphatic carboxylic acids is 1. The first kappa shape index (κ1) is 13.9. The van der Waals surface area contributed by atoms with Crippen molar-refractivity contribution in [3.8, 4) is 0 Å². The molecule has 1 unspecified atom stereocenters. The number of allylic oxidation sites excluding steroid dienone is 3. The van der Waals surface area contributed by atoms with Crippen LogP contribution in [-0.2, 0) is 14.4 Å². The van der Waals surface area contributed by atoms with Crippen molar-refractivity contribution in [3.05, 3.63) is 24.3 Å². The summed E-state index contributed by atoms with van der Waals surface area (Å²) in [6.07, 6.45) is 5.51. The van der Waals surface area contributed by atoms with E-state index in [-0.39, 0.29) is 0 Å². The summed E-state index contributed by atoms with van der Waals surface area (Å²) in [4.78, 5) is 32.3. The molecule has 0 bridgehead atoms. The third-order valence-corrected chi connectivity index (χ3v) is 1.57. The van der Waals surface area contributed by atoms with Gasteiger partial charge in [-0.1, -0.05) is 18.2 Å². The van der Waals surface area contributed by atoms with Crippen molar-refractivity contribution in [1.29, 1.82) is 0 Å². The van der Waals surface area contributed by atoms with Crippen molar-refractivity contribution in [2.45, 2.75) is 19.4 Å². The Morgan fingerprint density at radius 1 is 1.38 bits per heavy atom. The summed E-state index contributed by atoms with van der Waals surface area (Å²) < 4.78 is 0. The van der Waals surface area contributed by atoms with E-state index >= 15 is 0 Å². The minimum absolute atomic E-state index is 0.432. The summed E-state index contributed by atoms with van der Waals surface area (Å²) in [6, 6.07) is -1.29. The van der Waals surface area contributed by atoms with Gasteiger partial charge in [0.25, 0.3) is 0 Å². The van der Waals surface area contributed by atoms with E-state index in [1.807, 2.05) is 0 Å². The number of carboxylic acid groups (broad SMARTS) is 1. The molecule has 1 atom stereocenters. The molecule has 0 aliphatic carbocycles. The lowest BCUT2D eigenvalue weighted by Gasteiger charge is -2.10. The Labute approximate surface area is 92.8 Å². The molecule has 0 radical (unpaired) electrons. The second-order valence-corrected chi connectivity index (χ2v) is 2.95. The Balaban J connectivity index is 4.34. The molecule has 0 aromatic heterocycles. The van der Waals surface area contributed by atoms with Crippen LogP contribution in [0.5, 0.6) is 0 Å². The van der Waals surface area contributed by atoms with E-state index in [0.717, 1.165) is 6.08 Å². The van der Waals surface area contributed by atoms with E-state index in [1.165, 1.54) is 6.08 Å². The summed E-state index contributed by atoms with van der Waals surface area (Å²) in [5.74, 6) is -2.68. The van der Waals surface area contributed by atoms with Gasteiger partial charge in [-0.15, -0.1) is 0 Å². The number of nitrogens with one attached hydrogen (secondary N) is 1. The summed E-state index contributed by atoms with van der Waals surface area (Å²) in [6.45, 7) is 1.77. The minimum Gasteiger partial charge on any atom is -0.480 e. The molecule has 4 N–H and O–H groups in total. The van der Waals surface area contributed by atoms with Crippen molar-refractivity contribution in [1.82, 2.24) is 5.32 Å². The number of hydrogen-bond donors (Lipinski definition) is 3. The van der Waals surface area contributed by atoms with Gasteiger partial charge in [-0.2, -0.15) is 0 Å². The topological polar surface area (TPSA) is 109 Å². The first-order chi connectivity index (χ1) is 7.47. The van der Waals surface area contributed by atoms with E-state index in [0.29, 0.717) is 0 Å². The number of nitrogens with two attached hydrogens (primary N) is 1. The van der Waals surface area contributed by atoms with Crippen LogP contribution in [0.15, 0.2) is 24.3 Å². The molecule has 0 aliphatic rings. The van der Waals surface area contributed by atoms with Gasteiger partial charge in [0.15, 0.2) is 0 Å². The van der Waals surface area contributed by atoms with Crippen LogP contribution < -0.4 is 11.1 Å². The van der Waals surface area contributed by atoms with Crippen LogP contribution in [-0.4, -0.2) is 28.9 Å². The van der Waals surface area contributed by atoms with Gasteiger partial charge < -0.3 is 16.2 Å². The second-order valence-electron chi connectivity index (χ2n) is 2.95. The Kier molecular flexibility index (Phi) is 6.27. The monoisotopic (exact) mass is 226 g/mol. The zero-order valence-corrected chi connectivity index (χ0v) is 8.84. The van der Waals surface area contributed by atoms with Crippen molar-refractivity contribution < 1.29 is 19.5 Å². The highest BCUT2D eigenvalue weighted by molar-refractivity contribution is 5.93. The Morgan fingerprint density at radius 2 is 2.00 bits per heavy atom. The maximum absolute atomic E-state index is 11.2. The summed E-state index contributed by atoms with van der Waals surface area (Å²) >= 11 is 0. The Bertz CT molecular complexity index is 334. The van der Waals surface area contributed by atoms with Crippen LogP contribution in [0.4, 0.5) is 0 Å². The molecule has 0 aromatic carbocycles. The van der Waals surface area contributed by atoms with Crippen LogP contribution in [0, 0.1) is 0 Å². The van der Waals surface area contributed by atoms with Crippen LogP contribution >= 0.6 is 0 Å². The quantitative estimate of drug-likeness (QED) is 0.421. The molecule has 88 valence electrons. The van der Waals surface area contributed by atoms with Crippen LogP contribution in [0.3, 0.4) is 0 Å². The number of carbonyl (C=O) groups is 3. The van der Waals surface area contributed by atoms with Crippen molar-refractivity contribution in [2.24, 2.45) is 5.73 Å².